The number of amides is 1. The molecule has 1 saturated heterocycles. The number of likely N-dealkylation sites (tertiary alicyclic amines) is 1. The van der Waals surface area contributed by atoms with Crippen LogP contribution in [-0.2, 0) is 15.7 Å². The summed E-state index contributed by atoms with van der Waals surface area (Å²) in [6.07, 6.45) is -3.76. The standard InChI is InChI=1S/C16H19F3N2O4/c1-10-11(4-5-12(20-10)16(17,18)19)13(22)21-7-3-6-15(8-21,9-25-2)14(23)24/h4-5H,3,6-9H2,1-2H3,(H,23,24). The Morgan fingerprint density at radius 3 is 2.60 bits per heavy atom. The van der Waals surface area contributed by atoms with Gasteiger partial charge in [-0.3, -0.25) is 9.59 Å². The molecule has 1 aromatic heterocycles. The van der Waals surface area contributed by atoms with E-state index in [2.05, 4.69) is 4.98 Å². The van der Waals surface area contributed by atoms with Gasteiger partial charge in [-0.15, -0.1) is 0 Å². The van der Waals surface area contributed by atoms with Crippen LogP contribution >= 0.6 is 0 Å². The molecular formula is C16H19F3N2O4. The first-order chi connectivity index (χ1) is 11.6. The number of carboxylic acid groups (broad SMARTS) is 1. The summed E-state index contributed by atoms with van der Waals surface area (Å²) in [5.41, 5.74) is -2.29. The minimum Gasteiger partial charge on any atom is -0.481 e. The quantitative estimate of drug-likeness (QED) is 0.892. The van der Waals surface area contributed by atoms with Crippen LogP contribution in [-0.4, -0.2) is 53.7 Å². The Hall–Kier alpha value is -2.16. The van der Waals surface area contributed by atoms with Gasteiger partial charge in [-0.1, -0.05) is 0 Å². The van der Waals surface area contributed by atoms with Crippen molar-refractivity contribution < 1.29 is 32.6 Å². The number of piperidine rings is 1. The van der Waals surface area contributed by atoms with Gasteiger partial charge in [-0.2, -0.15) is 13.2 Å². The Balaban J connectivity index is 2.27. The molecule has 1 aliphatic rings. The van der Waals surface area contributed by atoms with E-state index in [1.165, 1.54) is 18.9 Å². The summed E-state index contributed by atoms with van der Waals surface area (Å²) >= 11 is 0. The van der Waals surface area contributed by atoms with Crippen LogP contribution in [0.1, 0.15) is 34.6 Å². The van der Waals surface area contributed by atoms with Gasteiger partial charge in [0.2, 0.25) is 0 Å². The first kappa shape index (κ1) is 19.2. The van der Waals surface area contributed by atoms with E-state index in [9.17, 15) is 27.9 Å². The summed E-state index contributed by atoms with van der Waals surface area (Å²) in [5, 5.41) is 9.52. The monoisotopic (exact) mass is 360 g/mol. The van der Waals surface area contributed by atoms with Crippen LogP contribution in [0, 0.1) is 12.3 Å². The van der Waals surface area contributed by atoms with E-state index in [0.717, 1.165) is 12.1 Å². The second-order valence-corrected chi connectivity index (χ2v) is 6.18. The number of aromatic nitrogens is 1. The Morgan fingerprint density at radius 2 is 2.08 bits per heavy atom. The zero-order valence-electron chi connectivity index (χ0n) is 13.9. The molecule has 2 rings (SSSR count). The highest BCUT2D eigenvalue weighted by atomic mass is 19.4. The topological polar surface area (TPSA) is 79.7 Å². The molecule has 0 bridgehead atoms. The third-order valence-corrected chi connectivity index (χ3v) is 4.35. The molecule has 0 saturated carbocycles. The molecule has 1 atom stereocenters. The number of nitrogens with zero attached hydrogens (tertiary/aromatic N) is 2. The van der Waals surface area contributed by atoms with E-state index >= 15 is 0 Å². The van der Waals surface area contributed by atoms with Crippen LogP contribution in [0.15, 0.2) is 12.1 Å². The lowest BCUT2D eigenvalue weighted by Gasteiger charge is -2.39. The van der Waals surface area contributed by atoms with Crippen molar-refractivity contribution in [3.8, 4) is 0 Å². The average molecular weight is 360 g/mol. The van der Waals surface area contributed by atoms with E-state index in [4.69, 9.17) is 4.74 Å². The highest BCUT2D eigenvalue weighted by Gasteiger charge is 2.44. The van der Waals surface area contributed by atoms with Crippen molar-refractivity contribution in [2.24, 2.45) is 5.41 Å². The number of ether oxygens (including phenoxy) is 1. The van der Waals surface area contributed by atoms with Crippen LogP contribution in [0.2, 0.25) is 0 Å². The maximum atomic E-state index is 12.7. The van der Waals surface area contributed by atoms with E-state index in [0.29, 0.717) is 19.4 Å². The largest absolute Gasteiger partial charge is 0.481 e. The Labute approximate surface area is 142 Å². The van der Waals surface area contributed by atoms with Gasteiger partial charge in [0.15, 0.2) is 0 Å². The fraction of sp³-hybridized carbons (Fsp3) is 0.562. The molecule has 138 valence electrons. The SMILES string of the molecule is COCC1(C(=O)O)CCCN(C(=O)c2ccc(C(F)(F)F)nc2C)C1. The number of carbonyl (C=O) groups is 2. The summed E-state index contributed by atoms with van der Waals surface area (Å²) in [6.45, 7) is 1.55. The molecule has 0 aliphatic carbocycles. The smallest absolute Gasteiger partial charge is 0.433 e. The minimum atomic E-state index is -4.59. The number of carbonyl (C=O) groups excluding carboxylic acids is 1. The van der Waals surface area contributed by atoms with E-state index in [1.54, 1.807) is 0 Å². The van der Waals surface area contributed by atoms with Gasteiger partial charge < -0.3 is 14.7 Å². The molecule has 25 heavy (non-hydrogen) atoms. The molecule has 9 heteroatoms. The molecular weight excluding hydrogens is 341 g/mol. The molecule has 1 N–H and O–H groups in total. The van der Waals surface area contributed by atoms with Crippen molar-refractivity contribution in [3.63, 3.8) is 0 Å². The Bertz CT molecular complexity index is 674. The number of aliphatic carboxylic acids is 1. The van der Waals surface area contributed by atoms with Crippen LogP contribution in [0.4, 0.5) is 13.2 Å². The van der Waals surface area contributed by atoms with Gasteiger partial charge in [0.25, 0.3) is 5.91 Å². The summed E-state index contributed by atoms with van der Waals surface area (Å²) in [4.78, 5) is 29.1. The lowest BCUT2D eigenvalue weighted by atomic mass is 9.80. The number of aryl methyl sites for hydroxylation is 1. The predicted molar refractivity (Wildman–Crippen MR) is 81.1 cm³/mol. The zero-order valence-corrected chi connectivity index (χ0v) is 13.9. The molecule has 1 aromatic rings. The van der Waals surface area contributed by atoms with Crippen molar-refractivity contribution in [2.45, 2.75) is 25.9 Å². The normalized spacial score (nSPS) is 21.2. The van der Waals surface area contributed by atoms with Gasteiger partial charge >= 0.3 is 12.1 Å². The third kappa shape index (κ3) is 3.92. The fourth-order valence-corrected chi connectivity index (χ4v) is 3.05. The second-order valence-electron chi connectivity index (χ2n) is 6.18. The van der Waals surface area contributed by atoms with Crippen molar-refractivity contribution in [2.75, 3.05) is 26.8 Å². The first-order valence-corrected chi connectivity index (χ1v) is 7.67. The maximum absolute atomic E-state index is 12.7. The average Bonchev–Trinajstić information content (AvgIpc) is 2.53. The van der Waals surface area contributed by atoms with Crippen molar-refractivity contribution >= 4 is 11.9 Å². The number of rotatable bonds is 4. The number of carboxylic acids is 1. The number of hydrogen-bond acceptors (Lipinski definition) is 4. The zero-order chi connectivity index (χ0) is 18.8. The molecule has 1 amide bonds. The third-order valence-electron chi connectivity index (χ3n) is 4.35. The lowest BCUT2D eigenvalue weighted by Crippen LogP contribution is -2.52. The number of pyridine rings is 1. The highest BCUT2D eigenvalue weighted by Crippen LogP contribution is 2.32. The van der Waals surface area contributed by atoms with Crippen LogP contribution in [0.3, 0.4) is 0 Å². The second kappa shape index (κ2) is 6.99. The first-order valence-electron chi connectivity index (χ1n) is 7.67. The molecule has 1 unspecified atom stereocenters. The Morgan fingerprint density at radius 1 is 1.40 bits per heavy atom. The number of hydrogen-bond donors (Lipinski definition) is 1. The molecule has 0 spiro atoms. The van der Waals surface area contributed by atoms with Gasteiger partial charge in [0.05, 0.1) is 17.9 Å². The van der Waals surface area contributed by atoms with Crippen LogP contribution in [0.25, 0.3) is 0 Å². The summed E-state index contributed by atoms with van der Waals surface area (Å²) < 4.78 is 43.1. The van der Waals surface area contributed by atoms with Gasteiger partial charge in [-0.25, -0.2) is 4.98 Å². The number of methoxy groups -OCH3 is 1. The van der Waals surface area contributed by atoms with Gasteiger partial charge in [0.1, 0.15) is 11.1 Å². The summed E-state index contributed by atoms with van der Waals surface area (Å²) in [7, 11) is 1.38. The molecule has 1 fully saturated rings. The van der Waals surface area contributed by atoms with Crippen molar-refractivity contribution in [1.29, 1.82) is 0 Å². The van der Waals surface area contributed by atoms with Crippen LogP contribution < -0.4 is 0 Å². The molecule has 0 aromatic carbocycles. The summed E-state index contributed by atoms with van der Waals surface area (Å²) in [6, 6.07) is 1.84. The number of alkyl halides is 3. The minimum absolute atomic E-state index is 0.0339. The predicted octanol–water partition coefficient (Wildman–Crippen LogP) is 2.36. The van der Waals surface area contributed by atoms with Crippen LogP contribution in [0.5, 0.6) is 0 Å². The molecule has 2 heterocycles. The highest BCUT2D eigenvalue weighted by molar-refractivity contribution is 5.95. The fourth-order valence-electron chi connectivity index (χ4n) is 3.05. The van der Waals surface area contributed by atoms with E-state index in [1.807, 2.05) is 0 Å². The van der Waals surface area contributed by atoms with Crippen molar-refractivity contribution in [3.05, 3.63) is 29.1 Å². The Kier molecular flexibility index (Phi) is 5.36. The van der Waals surface area contributed by atoms with Gasteiger partial charge in [-0.05, 0) is 31.9 Å². The van der Waals surface area contributed by atoms with Gasteiger partial charge in [0, 0.05) is 20.2 Å². The molecule has 6 nitrogen and oxygen atoms in total. The van der Waals surface area contributed by atoms with E-state index < -0.39 is 29.2 Å². The molecule has 1 aliphatic heterocycles. The number of halogens is 3. The lowest BCUT2D eigenvalue weighted by molar-refractivity contribution is -0.155. The maximum Gasteiger partial charge on any atom is 0.433 e. The van der Waals surface area contributed by atoms with Crippen molar-refractivity contribution in [1.82, 2.24) is 9.88 Å². The molecule has 0 radical (unpaired) electrons. The van der Waals surface area contributed by atoms with E-state index in [-0.39, 0.29) is 24.4 Å². The summed E-state index contributed by atoms with van der Waals surface area (Å²) in [5.74, 6) is -1.59.